The number of aliphatic hydroxyl groups excluding tert-OH is 1. The highest BCUT2D eigenvalue weighted by Gasteiger charge is 2.14. The molecular weight excluding hydrogens is 348 g/mol. The largest absolute Gasteiger partial charge is 0.444 e. The van der Waals surface area contributed by atoms with Gasteiger partial charge in [-0.3, -0.25) is 4.79 Å². The van der Waals surface area contributed by atoms with Crippen molar-refractivity contribution in [3.8, 4) is 0 Å². The van der Waals surface area contributed by atoms with Gasteiger partial charge < -0.3 is 19.4 Å². The summed E-state index contributed by atoms with van der Waals surface area (Å²) in [5.74, 6) is -0.150. The molecule has 1 aromatic carbocycles. The van der Waals surface area contributed by atoms with Gasteiger partial charge in [0.15, 0.2) is 10.4 Å². The second-order valence-corrected chi connectivity index (χ2v) is 5.86. The van der Waals surface area contributed by atoms with Crippen molar-refractivity contribution in [2.75, 3.05) is 6.54 Å². The Kier molecular flexibility index (Phi) is 4.04. The van der Waals surface area contributed by atoms with Gasteiger partial charge in [-0.15, -0.1) is 0 Å². The first kappa shape index (κ1) is 14.9. The van der Waals surface area contributed by atoms with Gasteiger partial charge in [0.1, 0.15) is 0 Å². The van der Waals surface area contributed by atoms with E-state index in [0.29, 0.717) is 4.67 Å². The van der Waals surface area contributed by atoms with Crippen molar-refractivity contribution in [1.29, 1.82) is 0 Å². The molecule has 2 aromatic heterocycles. The minimum absolute atomic E-state index is 0.121. The van der Waals surface area contributed by atoms with Crippen LogP contribution in [0.4, 0.5) is 0 Å². The SMILES string of the molecule is Cn1ccc2cc([C@H](O)CNC(=O)c3ccc(Br)o3)ccc21. The molecule has 3 rings (SSSR count). The number of carbonyl (C=O) groups excluding carboxylic acids is 1. The molecular formula is C16H15BrN2O3. The molecule has 0 unspecified atom stereocenters. The van der Waals surface area contributed by atoms with Crippen molar-refractivity contribution in [1.82, 2.24) is 9.88 Å². The predicted octanol–water partition coefficient (Wildman–Crippen LogP) is 3.00. The van der Waals surface area contributed by atoms with Gasteiger partial charge in [-0.1, -0.05) is 6.07 Å². The highest BCUT2D eigenvalue weighted by atomic mass is 79.9. The van der Waals surface area contributed by atoms with Gasteiger partial charge >= 0.3 is 0 Å². The molecule has 1 amide bonds. The maximum atomic E-state index is 11.9. The van der Waals surface area contributed by atoms with E-state index in [0.717, 1.165) is 16.5 Å². The lowest BCUT2D eigenvalue weighted by Crippen LogP contribution is -2.28. The van der Waals surface area contributed by atoms with E-state index in [1.165, 1.54) is 0 Å². The Morgan fingerprint density at radius 2 is 2.18 bits per heavy atom. The first-order chi connectivity index (χ1) is 10.5. The standard InChI is InChI=1S/C16H15BrN2O3/c1-19-7-6-10-8-11(2-3-12(10)19)13(20)9-18-16(21)14-4-5-15(17)22-14/h2-8,13,20H,9H2,1H3,(H,18,21)/t13-/m1/s1. The van der Waals surface area contributed by atoms with E-state index >= 15 is 0 Å². The van der Waals surface area contributed by atoms with Crippen LogP contribution in [0.2, 0.25) is 0 Å². The molecule has 2 N–H and O–H groups in total. The summed E-state index contributed by atoms with van der Waals surface area (Å²) in [6.07, 6.45) is 1.20. The molecule has 0 aliphatic heterocycles. The minimum atomic E-state index is -0.771. The molecule has 5 nitrogen and oxygen atoms in total. The van der Waals surface area contributed by atoms with Gasteiger partial charge in [0.25, 0.3) is 5.91 Å². The van der Waals surface area contributed by atoms with Crippen LogP contribution < -0.4 is 5.32 Å². The number of carbonyl (C=O) groups is 1. The summed E-state index contributed by atoms with van der Waals surface area (Å²) in [5, 5.41) is 13.9. The molecule has 0 saturated heterocycles. The van der Waals surface area contributed by atoms with E-state index in [2.05, 4.69) is 21.2 Å². The fraction of sp³-hybridized carbons (Fsp3) is 0.188. The number of furan rings is 1. The fourth-order valence-electron chi connectivity index (χ4n) is 2.34. The lowest BCUT2D eigenvalue weighted by Gasteiger charge is -2.12. The van der Waals surface area contributed by atoms with Crippen LogP contribution >= 0.6 is 15.9 Å². The maximum Gasteiger partial charge on any atom is 0.287 e. The Labute approximate surface area is 135 Å². The van der Waals surface area contributed by atoms with Gasteiger partial charge in [-0.2, -0.15) is 0 Å². The van der Waals surface area contributed by atoms with E-state index < -0.39 is 6.10 Å². The van der Waals surface area contributed by atoms with E-state index in [1.54, 1.807) is 12.1 Å². The minimum Gasteiger partial charge on any atom is -0.444 e. The van der Waals surface area contributed by atoms with E-state index in [-0.39, 0.29) is 18.2 Å². The van der Waals surface area contributed by atoms with Gasteiger partial charge in [-0.25, -0.2) is 0 Å². The molecule has 0 saturated carbocycles. The predicted molar refractivity (Wildman–Crippen MR) is 86.6 cm³/mol. The number of nitrogens with zero attached hydrogens (tertiary/aromatic N) is 1. The van der Waals surface area contributed by atoms with Gasteiger partial charge in [0.05, 0.1) is 6.10 Å². The summed E-state index contributed by atoms with van der Waals surface area (Å²) in [4.78, 5) is 11.9. The number of hydrogen-bond acceptors (Lipinski definition) is 3. The summed E-state index contributed by atoms with van der Waals surface area (Å²) < 4.78 is 7.67. The highest BCUT2D eigenvalue weighted by molar-refractivity contribution is 9.10. The van der Waals surface area contributed by atoms with Crippen LogP contribution in [0, 0.1) is 0 Å². The van der Waals surface area contributed by atoms with Crippen LogP contribution in [0.5, 0.6) is 0 Å². The maximum absolute atomic E-state index is 11.9. The smallest absolute Gasteiger partial charge is 0.287 e. The van der Waals surface area contributed by atoms with Gasteiger partial charge in [0.2, 0.25) is 0 Å². The molecule has 0 bridgehead atoms. The van der Waals surface area contributed by atoms with E-state index in [1.807, 2.05) is 42.1 Å². The lowest BCUT2D eigenvalue weighted by atomic mass is 10.1. The third-order valence-electron chi connectivity index (χ3n) is 3.55. The van der Waals surface area contributed by atoms with Crippen LogP contribution in [-0.4, -0.2) is 22.1 Å². The first-order valence-electron chi connectivity index (χ1n) is 6.81. The van der Waals surface area contributed by atoms with Crippen molar-refractivity contribution in [2.24, 2.45) is 7.05 Å². The third kappa shape index (κ3) is 2.93. The molecule has 0 aliphatic rings. The van der Waals surface area contributed by atoms with E-state index in [4.69, 9.17) is 4.42 Å². The Morgan fingerprint density at radius 1 is 1.36 bits per heavy atom. The number of aromatic nitrogens is 1. The molecule has 2 heterocycles. The summed E-state index contributed by atoms with van der Waals surface area (Å²) in [5.41, 5.74) is 1.86. The number of nitrogens with one attached hydrogen (secondary N) is 1. The average molecular weight is 363 g/mol. The molecule has 6 heteroatoms. The zero-order valence-electron chi connectivity index (χ0n) is 11.9. The molecule has 0 spiro atoms. The van der Waals surface area contributed by atoms with Crippen LogP contribution in [0.1, 0.15) is 22.2 Å². The Balaban J connectivity index is 1.67. The molecule has 22 heavy (non-hydrogen) atoms. The molecule has 0 radical (unpaired) electrons. The topological polar surface area (TPSA) is 67.4 Å². The average Bonchev–Trinajstić information content (AvgIpc) is 3.11. The Hall–Kier alpha value is -2.05. The Bertz CT molecular complexity index is 822. The molecule has 114 valence electrons. The second kappa shape index (κ2) is 5.98. The number of halogens is 1. The summed E-state index contributed by atoms with van der Waals surface area (Å²) >= 11 is 3.14. The lowest BCUT2D eigenvalue weighted by molar-refractivity contribution is 0.0888. The van der Waals surface area contributed by atoms with Crippen LogP contribution in [0.15, 0.2) is 51.7 Å². The quantitative estimate of drug-likeness (QED) is 0.749. The van der Waals surface area contributed by atoms with Crippen molar-refractivity contribution < 1.29 is 14.3 Å². The fourth-order valence-corrected chi connectivity index (χ4v) is 2.64. The summed E-state index contributed by atoms with van der Waals surface area (Å²) in [6.45, 7) is 0.121. The van der Waals surface area contributed by atoms with E-state index in [9.17, 15) is 9.90 Å². The molecule has 0 aliphatic carbocycles. The number of aryl methyl sites for hydroxylation is 1. The molecule has 3 aromatic rings. The summed E-state index contributed by atoms with van der Waals surface area (Å²) in [7, 11) is 1.97. The summed E-state index contributed by atoms with van der Waals surface area (Å²) in [6, 6.07) is 11.0. The normalized spacial score (nSPS) is 12.5. The number of aliphatic hydroxyl groups is 1. The van der Waals surface area contributed by atoms with Crippen molar-refractivity contribution in [3.63, 3.8) is 0 Å². The van der Waals surface area contributed by atoms with Crippen molar-refractivity contribution >= 4 is 32.7 Å². The van der Waals surface area contributed by atoms with Gasteiger partial charge in [-0.05, 0) is 57.2 Å². The van der Waals surface area contributed by atoms with Gasteiger partial charge in [0, 0.05) is 25.3 Å². The zero-order chi connectivity index (χ0) is 15.7. The van der Waals surface area contributed by atoms with Crippen molar-refractivity contribution in [2.45, 2.75) is 6.10 Å². The Morgan fingerprint density at radius 3 is 2.91 bits per heavy atom. The van der Waals surface area contributed by atoms with Crippen LogP contribution in [-0.2, 0) is 7.05 Å². The third-order valence-corrected chi connectivity index (χ3v) is 3.97. The number of benzene rings is 1. The molecule has 0 fully saturated rings. The van der Waals surface area contributed by atoms with Crippen LogP contribution in [0.3, 0.4) is 0 Å². The number of fused-ring (bicyclic) bond motifs is 1. The second-order valence-electron chi connectivity index (χ2n) is 5.07. The first-order valence-corrected chi connectivity index (χ1v) is 7.60. The van der Waals surface area contributed by atoms with Crippen molar-refractivity contribution in [3.05, 3.63) is 58.6 Å². The van der Waals surface area contributed by atoms with Crippen LogP contribution in [0.25, 0.3) is 10.9 Å². The zero-order valence-corrected chi connectivity index (χ0v) is 13.5. The molecule has 1 atom stereocenters. The highest BCUT2D eigenvalue weighted by Crippen LogP contribution is 2.21. The monoisotopic (exact) mass is 362 g/mol. The number of amides is 1. The number of rotatable bonds is 4. The number of hydrogen-bond donors (Lipinski definition) is 2.